The molecule has 0 N–H and O–H groups in total. The van der Waals surface area contributed by atoms with Gasteiger partial charge < -0.3 is 4.52 Å². The van der Waals surface area contributed by atoms with Gasteiger partial charge in [-0.3, -0.25) is 14.8 Å². The lowest BCUT2D eigenvalue weighted by molar-refractivity contribution is -0.384. The van der Waals surface area contributed by atoms with Crippen LogP contribution in [0.25, 0.3) is 11.4 Å². The third kappa shape index (κ3) is 2.75. The molecule has 3 aromatic rings. The van der Waals surface area contributed by atoms with Gasteiger partial charge in [0.15, 0.2) is 0 Å². The molecule has 8 nitrogen and oxygen atoms in total. The van der Waals surface area contributed by atoms with Crippen LogP contribution in [0.2, 0.25) is 0 Å². The van der Waals surface area contributed by atoms with Crippen LogP contribution in [0.4, 0.5) is 5.69 Å². The molecule has 3 rings (SSSR count). The molecule has 22 heavy (non-hydrogen) atoms. The van der Waals surface area contributed by atoms with E-state index in [9.17, 15) is 10.1 Å². The Morgan fingerprint density at radius 3 is 2.68 bits per heavy atom. The van der Waals surface area contributed by atoms with E-state index in [2.05, 4.69) is 31.2 Å². The second-order valence-corrected chi connectivity index (χ2v) is 5.49. The van der Waals surface area contributed by atoms with Crippen molar-refractivity contribution in [3.63, 3.8) is 0 Å². The minimum absolute atomic E-state index is 0.0160. The van der Waals surface area contributed by atoms with E-state index in [1.54, 1.807) is 29.2 Å². The van der Waals surface area contributed by atoms with Crippen molar-refractivity contribution in [2.24, 2.45) is 0 Å². The Kier molecular flexibility index (Phi) is 3.72. The molecule has 0 bridgehead atoms. The van der Waals surface area contributed by atoms with Crippen LogP contribution in [0.1, 0.15) is 18.9 Å². The molecule has 0 spiro atoms. The number of nitro benzene ring substituents is 1. The number of aromatic nitrogens is 4. The fourth-order valence-corrected chi connectivity index (χ4v) is 2.20. The molecule has 0 amide bonds. The number of hydrogen-bond acceptors (Lipinski definition) is 6. The Bertz CT molecular complexity index is 811. The van der Waals surface area contributed by atoms with E-state index in [0.717, 1.165) is 4.47 Å². The monoisotopic (exact) mass is 363 g/mol. The van der Waals surface area contributed by atoms with Gasteiger partial charge in [0.05, 0.1) is 15.6 Å². The Morgan fingerprint density at radius 2 is 2.09 bits per heavy atom. The first-order chi connectivity index (χ1) is 10.5. The molecule has 1 aromatic carbocycles. The summed E-state index contributed by atoms with van der Waals surface area (Å²) in [5.74, 6) is 0.784. The molecule has 0 aliphatic carbocycles. The Labute approximate surface area is 133 Å². The summed E-state index contributed by atoms with van der Waals surface area (Å²) in [5.41, 5.74) is 0.664. The normalized spacial score (nSPS) is 12.3. The number of hydrogen-bond donors (Lipinski definition) is 0. The van der Waals surface area contributed by atoms with E-state index < -0.39 is 4.92 Å². The van der Waals surface area contributed by atoms with Gasteiger partial charge in [0, 0.05) is 23.9 Å². The maximum atomic E-state index is 10.6. The summed E-state index contributed by atoms with van der Waals surface area (Å²) >= 11 is 3.33. The lowest BCUT2D eigenvalue weighted by Crippen LogP contribution is -2.07. The summed E-state index contributed by atoms with van der Waals surface area (Å²) in [6, 6.07) is 5.76. The summed E-state index contributed by atoms with van der Waals surface area (Å²) in [7, 11) is 0. The van der Waals surface area contributed by atoms with Crippen molar-refractivity contribution >= 4 is 21.6 Å². The molecule has 0 aliphatic rings. The van der Waals surface area contributed by atoms with Gasteiger partial charge in [-0.15, -0.1) is 0 Å². The minimum atomic E-state index is -0.455. The number of non-ortho nitro benzene ring substituents is 1. The summed E-state index contributed by atoms with van der Waals surface area (Å²) in [4.78, 5) is 14.5. The number of nitro groups is 1. The standard InChI is InChI=1S/C13H10BrN5O3/c1-8(18-7-10(14)6-15-18)13-16-12(17-22-13)9-2-4-11(5-3-9)19(20)21/h2-8H,1H3. The average molecular weight is 364 g/mol. The fraction of sp³-hybridized carbons (Fsp3) is 0.154. The SMILES string of the molecule is CC(c1nc(-c2ccc([N+](=O)[O-])cc2)no1)n1cc(Br)cn1. The van der Waals surface area contributed by atoms with Gasteiger partial charge in [0.2, 0.25) is 5.82 Å². The van der Waals surface area contributed by atoms with Crippen LogP contribution in [-0.2, 0) is 0 Å². The Balaban J connectivity index is 1.85. The van der Waals surface area contributed by atoms with Gasteiger partial charge in [-0.1, -0.05) is 5.16 Å². The molecular formula is C13H10BrN5O3. The molecule has 2 heterocycles. The predicted molar refractivity (Wildman–Crippen MR) is 80.1 cm³/mol. The third-order valence-electron chi connectivity index (χ3n) is 3.10. The third-order valence-corrected chi connectivity index (χ3v) is 3.51. The van der Waals surface area contributed by atoms with Crippen LogP contribution in [-0.4, -0.2) is 24.8 Å². The van der Waals surface area contributed by atoms with Crippen LogP contribution in [0.15, 0.2) is 45.7 Å². The first-order valence-electron chi connectivity index (χ1n) is 6.32. The molecule has 9 heteroatoms. The van der Waals surface area contributed by atoms with Crippen LogP contribution in [0.3, 0.4) is 0 Å². The highest BCUT2D eigenvalue weighted by Gasteiger charge is 2.18. The minimum Gasteiger partial charge on any atom is -0.337 e. The molecule has 0 radical (unpaired) electrons. The highest BCUT2D eigenvalue weighted by molar-refractivity contribution is 9.10. The second kappa shape index (κ2) is 5.68. The predicted octanol–water partition coefficient (Wildman–Crippen LogP) is 3.21. The van der Waals surface area contributed by atoms with Crippen molar-refractivity contribution in [2.45, 2.75) is 13.0 Å². The molecule has 1 unspecified atom stereocenters. The maximum Gasteiger partial charge on any atom is 0.269 e. The lowest BCUT2D eigenvalue weighted by atomic mass is 10.2. The summed E-state index contributed by atoms with van der Waals surface area (Å²) in [6.07, 6.45) is 3.48. The van der Waals surface area contributed by atoms with Crippen molar-refractivity contribution in [3.05, 3.63) is 57.1 Å². The first kappa shape index (κ1) is 14.4. The highest BCUT2D eigenvalue weighted by atomic mass is 79.9. The van der Waals surface area contributed by atoms with E-state index in [1.165, 1.54) is 12.1 Å². The van der Waals surface area contributed by atoms with Gasteiger partial charge in [0.25, 0.3) is 11.6 Å². The van der Waals surface area contributed by atoms with E-state index in [0.29, 0.717) is 17.3 Å². The number of halogens is 1. The van der Waals surface area contributed by atoms with E-state index in [4.69, 9.17) is 4.52 Å². The molecular weight excluding hydrogens is 354 g/mol. The van der Waals surface area contributed by atoms with Gasteiger partial charge >= 0.3 is 0 Å². The smallest absolute Gasteiger partial charge is 0.269 e. The lowest BCUT2D eigenvalue weighted by Gasteiger charge is -2.05. The molecule has 0 fully saturated rings. The van der Waals surface area contributed by atoms with Gasteiger partial charge in [0.1, 0.15) is 6.04 Å². The number of nitrogens with zero attached hydrogens (tertiary/aromatic N) is 5. The van der Waals surface area contributed by atoms with Crippen molar-refractivity contribution in [1.29, 1.82) is 0 Å². The van der Waals surface area contributed by atoms with Crippen molar-refractivity contribution in [3.8, 4) is 11.4 Å². The topological polar surface area (TPSA) is 99.9 Å². The molecule has 0 saturated carbocycles. The van der Waals surface area contributed by atoms with Crippen LogP contribution >= 0.6 is 15.9 Å². The molecule has 112 valence electrons. The van der Waals surface area contributed by atoms with Gasteiger partial charge in [-0.05, 0) is 35.0 Å². The summed E-state index contributed by atoms with van der Waals surface area (Å²) in [6.45, 7) is 1.88. The van der Waals surface area contributed by atoms with E-state index >= 15 is 0 Å². The zero-order valence-corrected chi connectivity index (χ0v) is 13.0. The first-order valence-corrected chi connectivity index (χ1v) is 7.12. The zero-order valence-electron chi connectivity index (χ0n) is 11.4. The fourth-order valence-electron chi connectivity index (χ4n) is 1.89. The van der Waals surface area contributed by atoms with Crippen molar-refractivity contribution in [2.75, 3.05) is 0 Å². The quantitative estimate of drug-likeness (QED) is 0.521. The van der Waals surface area contributed by atoms with Crippen LogP contribution in [0.5, 0.6) is 0 Å². The molecule has 0 aliphatic heterocycles. The molecule has 0 saturated heterocycles. The molecule has 1 atom stereocenters. The van der Waals surface area contributed by atoms with Gasteiger partial charge in [-0.2, -0.15) is 10.1 Å². The van der Waals surface area contributed by atoms with E-state index in [1.807, 2.05) is 6.92 Å². The Morgan fingerprint density at radius 1 is 1.36 bits per heavy atom. The second-order valence-electron chi connectivity index (χ2n) is 4.57. The largest absolute Gasteiger partial charge is 0.337 e. The van der Waals surface area contributed by atoms with Gasteiger partial charge in [-0.25, -0.2) is 0 Å². The van der Waals surface area contributed by atoms with Crippen LogP contribution < -0.4 is 0 Å². The molecule has 2 aromatic heterocycles. The summed E-state index contributed by atoms with van der Waals surface area (Å²) in [5, 5.41) is 18.7. The Hall–Kier alpha value is -2.55. The maximum absolute atomic E-state index is 10.6. The van der Waals surface area contributed by atoms with Crippen molar-refractivity contribution < 1.29 is 9.45 Å². The number of benzene rings is 1. The van der Waals surface area contributed by atoms with Crippen molar-refractivity contribution in [1.82, 2.24) is 19.9 Å². The number of rotatable bonds is 4. The van der Waals surface area contributed by atoms with Crippen LogP contribution in [0, 0.1) is 10.1 Å². The highest BCUT2D eigenvalue weighted by Crippen LogP contribution is 2.23. The average Bonchev–Trinajstić information content (AvgIpc) is 3.15. The zero-order chi connectivity index (χ0) is 15.7. The summed E-state index contributed by atoms with van der Waals surface area (Å²) < 4.78 is 7.80. The van der Waals surface area contributed by atoms with E-state index in [-0.39, 0.29) is 11.7 Å².